The highest BCUT2D eigenvalue weighted by Gasteiger charge is 2.19. The van der Waals surface area contributed by atoms with Crippen molar-refractivity contribution in [2.24, 2.45) is 0 Å². The third-order valence-electron chi connectivity index (χ3n) is 3.10. The van der Waals surface area contributed by atoms with Crippen molar-refractivity contribution >= 4 is 34.8 Å². The SMILES string of the molecule is COC(=O)C[C@@H](NC(=O)Cc1ccc(Cl)cc1)c1cccs1. The molecule has 4 nitrogen and oxygen atoms in total. The van der Waals surface area contributed by atoms with Gasteiger partial charge in [-0.15, -0.1) is 11.3 Å². The summed E-state index contributed by atoms with van der Waals surface area (Å²) in [6, 6.07) is 10.5. The first kappa shape index (κ1) is 16.5. The van der Waals surface area contributed by atoms with Crippen molar-refractivity contribution in [3.63, 3.8) is 0 Å². The van der Waals surface area contributed by atoms with Gasteiger partial charge in [0.15, 0.2) is 0 Å². The molecule has 0 unspecified atom stereocenters. The summed E-state index contributed by atoms with van der Waals surface area (Å²) in [5, 5.41) is 5.42. The van der Waals surface area contributed by atoms with Crippen LogP contribution < -0.4 is 5.32 Å². The number of ether oxygens (including phenoxy) is 1. The molecule has 2 rings (SSSR count). The molecule has 1 heterocycles. The molecule has 0 aliphatic rings. The number of nitrogens with one attached hydrogen (secondary N) is 1. The van der Waals surface area contributed by atoms with E-state index in [0.717, 1.165) is 10.4 Å². The van der Waals surface area contributed by atoms with Crippen molar-refractivity contribution in [1.29, 1.82) is 0 Å². The van der Waals surface area contributed by atoms with Crippen molar-refractivity contribution in [1.82, 2.24) is 5.32 Å². The number of thiophene rings is 1. The number of hydrogen-bond donors (Lipinski definition) is 1. The van der Waals surface area contributed by atoms with Crippen LogP contribution in [0, 0.1) is 0 Å². The van der Waals surface area contributed by atoms with Crippen molar-refractivity contribution in [3.05, 3.63) is 57.2 Å². The minimum Gasteiger partial charge on any atom is -0.469 e. The molecular weight excluding hydrogens is 322 g/mol. The third-order valence-corrected chi connectivity index (χ3v) is 4.34. The highest BCUT2D eigenvalue weighted by Crippen LogP contribution is 2.22. The number of halogens is 1. The molecule has 6 heteroatoms. The lowest BCUT2D eigenvalue weighted by Crippen LogP contribution is -2.31. The van der Waals surface area contributed by atoms with Crippen molar-refractivity contribution in [2.75, 3.05) is 7.11 Å². The van der Waals surface area contributed by atoms with Gasteiger partial charge in [0, 0.05) is 9.90 Å². The zero-order valence-electron chi connectivity index (χ0n) is 12.0. The van der Waals surface area contributed by atoms with Gasteiger partial charge in [0.1, 0.15) is 0 Å². The minimum absolute atomic E-state index is 0.114. The Kier molecular flexibility index (Phi) is 5.98. The average molecular weight is 338 g/mol. The van der Waals surface area contributed by atoms with Gasteiger partial charge in [-0.1, -0.05) is 29.8 Å². The van der Waals surface area contributed by atoms with Crippen LogP contribution in [0.25, 0.3) is 0 Å². The molecule has 0 bridgehead atoms. The quantitative estimate of drug-likeness (QED) is 0.822. The first-order chi connectivity index (χ1) is 10.6. The van der Waals surface area contributed by atoms with E-state index in [1.165, 1.54) is 18.4 Å². The number of carbonyl (C=O) groups is 2. The molecule has 0 spiro atoms. The highest BCUT2D eigenvalue weighted by molar-refractivity contribution is 7.10. The Hall–Kier alpha value is -1.85. The summed E-state index contributed by atoms with van der Waals surface area (Å²) in [6.07, 6.45) is 0.351. The number of carbonyl (C=O) groups excluding carboxylic acids is 2. The number of rotatable bonds is 6. The first-order valence-corrected chi connectivity index (χ1v) is 7.98. The number of amides is 1. The topological polar surface area (TPSA) is 55.4 Å². The second-order valence-electron chi connectivity index (χ2n) is 4.72. The van der Waals surface area contributed by atoms with E-state index in [2.05, 4.69) is 5.32 Å². The molecule has 0 saturated heterocycles. The summed E-state index contributed by atoms with van der Waals surface area (Å²) >= 11 is 7.32. The van der Waals surface area contributed by atoms with Crippen LogP contribution in [-0.2, 0) is 20.7 Å². The smallest absolute Gasteiger partial charge is 0.307 e. The van der Waals surface area contributed by atoms with Crippen molar-refractivity contribution in [2.45, 2.75) is 18.9 Å². The molecule has 0 saturated carbocycles. The predicted molar refractivity (Wildman–Crippen MR) is 87.0 cm³/mol. The van der Waals surface area contributed by atoms with E-state index in [4.69, 9.17) is 16.3 Å². The normalized spacial score (nSPS) is 11.7. The van der Waals surface area contributed by atoms with E-state index in [0.29, 0.717) is 5.02 Å². The van der Waals surface area contributed by atoms with Crippen LogP contribution in [0.3, 0.4) is 0 Å². The Balaban J connectivity index is 2.01. The van der Waals surface area contributed by atoms with Gasteiger partial charge < -0.3 is 10.1 Å². The molecular formula is C16H16ClNO3S. The molecule has 1 amide bonds. The lowest BCUT2D eigenvalue weighted by Gasteiger charge is -2.16. The Bertz CT molecular complexity index is 625. The molecule has 22 heavy (non-hydrogen) atoms. The molecule has 1 atom stereocenters. The van der Waals surface area contributed by atoms with Gasteiger partial charge in [0.25, 0.3) is 0 Å². The lowest BCUT2D eigenvalue weighted by atomic mass is 10.1. The summed E-state index contributed by atoms with van der Waals surface area (Å²) < 4.78 is 4.69. The Morgan fingerprint density at radius 1 is 1.27 bits per heavy atom. The van der Waals surface area contributed by atoms with Crippen LogP contribution in [0.5, 0.6) is 0 Å². The number of methoxy groups -OCH3 is 1. The molecule has 1 N–H and O–H groups in total. The molecule has 1 aromatic carbocycles. The standard InChI is InChI=1S/C16H16ClNO3S/c1-21-16(20)10-13(14-3-2-8-22-14)18-15(19)9-11-4-6-12(17)7-5-11/h2-8,13H,9-10H2,1H3,(H,18,19)/t13-/m1/s1. The molecule has 0 aliphatic heterocycles. The van der Waals surface area contributed by atoms with Gasteiger partial charge >= 0.3 is 5.97 Å². The van der Waals surface area contributed by atoms with Gasteiger partial charge in [0.2, 0.25) is 5.91 Å². The first-order valence-electron chi connectivity index (χ1n) is 6.72. The molecule has 0 radical (unpaired) electrons. The van der Waals surface area contributed by atoms with Crippen molar-refractivity contribution < 1.29 is 14.3 Å². The van der Waals surface area contributed by atoms with Gasteiger partial charge in [-0.2, -0.15) is 0 Å². The van der Waals surface area contributed by atoms with Crippen molar-refractivity contribution in [3.8, 4) is 0 Å². The monoisotopic (exact) mass is 337 g/mol. The maximum absolute atomic E-state index is 12.2. The molecule has 0 fully saturated rings. The fourth-order valence-corrected chi connectivity index (χ4v) is 2.90. The van der Waals surface area contributed by atoms with Crippen LogP contribution in [0.1, 0.15) is 22.9 Å². The number of benzene rings is 1. The van der Waals surface area contributed by atoms with Gasteiger partial charge in [-0.3, -0.25) is 9.59 Å². The summed E-state index contributed by atoms with van der Waals surface area (Å²) in [5.41, 5.74) is 0.866. The second-order valence-corrected chi connectivity index (χ2v) is 6.13. The minimum atomic E-state index is -0.368. The van der Waals surface area contributed by atoms with E-state index >= 15 is 0 Å². The van der Waals surface area contributed by atoms with Crippen LogP contribution in [0.15, 0.2) is 41.8 Å². The van der Waals surface area contributed by atoms with E-state index in [9.17, 15) is 9.59 Å². The summed E-state index contributed by atoms with van der Waals surface area (Å²) in [6.45, 7) is 0. The maximum Gasteiger partial charge on any atom is 0.307 e. The van der Waals surface area contributed by atoms with E-state index < -0.39 is 0 Å². The van der Waals surface area contributed by atoms with E-state index in [1.54, 1.807) is 12.1 Å². The molecule has 1 aromatic heterocycles. The average Bonchev–Trinajstić information content (AvgIpc) is 3.03. The van der Waals surface area contributed by atoms with Crippen LogP contribution in [0.4, 0.5) is 0 Å². The van der Waals surface area contributed by atoms with Crippen LogP contribution in [0.2, 0.25) is 5.02 Å². The fourth-order valence-electron chi connectivity index (χ4n) is 2.00. The van der Waals surface area contributed by atoms with E-state index in [-0.39, 0.29) is 30.8 Å². The zero-order valence-corrected chi connectivity index (χ0v) is 13.6. The predicted octanol–water partition coefficient (Wildman–Crippen LogP) is 3.36. The van der Waals surface area contributed by atoms with E-state index in [1.807, 2.05) is 29.6 Å². The Morgan fingerprint density at radius 2 is 2.00 bits per heavy atom. The lowest BCUT2D eigenvalue weighted by molar-refractivity contribution is -0.141. The van der Waals surface area contributed by atoms with Gasteiger partial charge in [-0.05, 0) is 29.1 Å². The van der Waals surface area contributed by atoms with Gasteiger partial charge in [-0.25, -0.2) is 0 Å². The molecule has 116 valence electrons. The maximum atomic E-state index is 12.2. The Morgan fingerprint density at radius 3 is 2.59 bits per heavy atom. The largest absolute Gasteiger partial charge is 0.469 e. The van der Waals surface area contributed by atoms with Crippen LogP contribution in [-0.4, -0.2) is 19.0 Å². The summed E-state index contributed by atoms with van der Waals surface area (Å²) in [4.78, 5) is 24.6. The highest BCUT2D eigenvalue weighted by atomic mass is 35.5. The molecule has 0 aliphatic carbocycles. The fraction of sp³-hybridized carbons (Fsp3) is 0.250. The molecule has 2 aromatic rings. The summed E-state index contributed by atoms with van der Waals surface area (Å²) in [5.74, 6) is -0.505. The third kappa shape index (κ3) is 4.86. The number of hydrogen-bond acceptors (Lipinski definition) is 4. The summed E-state index contributed by atoms with van der Waals surface area (Å²) in [7, 11) is 1.34. The number of esters is 1. The van der Waals surface area contributed by atoms with Gasteiger partial charge in [0.05, 0.1) is 26.0 Å². The van der Waals surface area contributed by atoms with Crippen LogP contribution >= 0.6 is 22.9 Å². The Labute approximate surface area is 138 Å². The second kappa shape index (κ2) is 7.96. The zero-order chi connectivity index (χ0) is 15.9.